The zero-order chi connectivity index (χ0) is 24.5. The van der Waals surface area contributed by atoms with Gasteiger partial charge in [0.05, 0.1) is 35.2 Å². The molecule has 0 radical (unpaired) electrons. The van der Waals surface area contributed by atoms with E-state index in [0.29, 0.717) is 23.0 Å². The number of nitrogens with one attached hydrogen (secondary N) is 1. The molecule has 0 atom stereocenters. The van der Waals surface area contributed by atoms with Gasteiger partial charge in [0.1, 0.15) is 0 Å². The summed E-state index contributed by atoms with van der Waals surface area (Å²) in [5.41, 5.74) is 8.13. The van der Waals surface area contributed by atoms with E-state index in [1.165, 1.54) is 10.9 Å². The lowest BCUT2D eigenvalue weighted by molar-refractivity contribution is 0.0706. The van der Waals surface area contributed by atoms with Gasteiger partial charge >= 0.3 is 0 Å². The van der Waals surface area contributed by atoms with Crippen LogP contribution < -0.4 is 11.0 Å². The summed E-state index contributed by atoms with van der Waals surface area (Å²) >= 11 is 0. The van der Waals surface area contributed by atoms with Gasteiger partial charge in [0.25, 0.3) is 11.5 Å². The van der Waals surface area contributed by atoms with E-state index in [1.807, 2.05) is 72.3 Å². The fourth-order valence-corrected chi connectivity index (χ4v) is 4.13. The molecule has 0 aliphatic heterocycles. The van der Waals surface area contributed by atoms with E-state index in [4.69, 9.17) is 10.3 Å². The second kappa shape index (κ2) is 9.00. The van der Waals surface area contributed by atoms with Gasteiger partial charge in [-0.3, -0.25) is 19.5 Å². The Morgan fingerprint density at radius 2 is 1.80 bits per heavy atom. The first-order chi connectivity index (χ1) is 16.9. The molecular weight excluding hydrogens is 442 g/mol. The smallest absolute Gasteiger partial charge is 0.274 e. The quantitative estimate of drug-likeness (QED) is 0.302. The molecule has 2 heterocycles. The maximum absolute atomic E-state index is 12.7. The minimum atomic E-state index is -0.565. The van der Waals surface area contributed by atoms with Crippen molar-refractivity contribution in [1.29, 1.82) is 0 Å². The Morgan fingerprint density at radius 1 is 1.03 bits per heavy atom. The van der Waals surface area contributed by atoms with Gasteiger partial charge in [-0.15, -0.1) is 0 Å². The summed E-state index contributed by atoms with van der Waals surface area (Å²) in [6, 6.07) is 22.7. The minimum Gasteiger partial charge on any atom is -0.302 e. The van der Waals surface area contributed by atoms with Gasteiger partial charge in [-0.2, -0.15) is 5.10 Å². The van der Waals surface area contributed by atoms with Crippen LogP contribution in [0.3, 0.4) is 0 Å². The second-order valence-electron chi connectivity index (χ2n) is 8.42. The van der Waals surface area contributed by atoms with Crippen LogP contribution in [0.25, 0.3) is 33.4 Å². The monoisotopic (exact) mass is 465 g/mol. The molecule has 2 aromatic heterocycles. The van der Waals surface area contributed by atoms with Crippen molar-refractivity contribution in [3.8, 4) is 22.5 Å². The Labute approximate surface area is 201 Å². The van der Waals surface area contributed by atoms with E-state index in [2.05, 4.69) is 4.98 Å². The molecule has 0 bridgehead atoms. The number of fused-ring (bicyclic) bond motifs is 1. The Kier molecular flexibility index (Phi) is 5.72. The second-order valence-corrected chi connectivity index (χ2v) is 8.42. The van der Waals surface area contributed by atoms with Crippen LogP contribution in [0.5, 0.6) is 0 Å². The number of rotatable bonds is 5. The Morgan fingerprint density at radius 3 is 2.54 bits per heavy atom. The third kappa shape index (κ3) is 4.22. The molecule has 0 saturated carbocycles. The van der Waals surface area contributed by atoms with Gasteiger partial charge in [0.2, 0.25) is 0 Å². The molecular formula is C27H23N5O3. The first-order valence-corrected chi connectivity index (χ1v) is 11.1. The number of hydrogen-bond donors (Lipinski definition) is 2. The number of carbonyl (C=O) groups excluding carboxylic acids is 1. The lowest BCUT2D eigenvalue weighted by Crippen LogP contribution is -2.18. The van der Waals surface area contributed by atoms with E-state index in [0.717, 1.165) is 33.6 Å². The highest BCUT2D eigenvalue weighted by Gasteiger charge is 2.15. The van der Waals surface area contributed by atoms with E-state index in [-0.39, 0.29) is 5.56 Å². The summed E-state index contributed by atoms with van der Waals surface area (Å²) in [6.45, 7) is 2.50. The molecule has 5 aromatic rings. The number of amides is 1. The van der Waals surface area contributed by atoms with Crippen LogP contribution in [0.15, 0.2) is 83.9 Å². The van der Waals surface area contributed by atoms with Gasteiger partial charge < -0.3 is 4.57 Å². The van der Waals surface area contributed by atoms with Crippen LogP contribution in [-0.4, -0.2) is 30.4 Å². The van der Waals surface area contributed by atoms with Crippen molar-refractivity contribution in [1.82, 2.24) is 24.8 Å². The average Bonchev–Trinajstić information content (AvgIpc) is 3.29. The normalized spacial score (nSPS) is 11.1. The highest BCUT2D eigenvalue weighted by molar-refractivity contribution is 5.93. The van der Waals surface area contributed by atoms with Gasteiger partial charge in [0, 0.05) is 23.7 Å². The van der Waals surface area contributed by atoms with Gasteiger partial charge in [-0.25, -0.2) is 10.5 Å². The maximum Gasteiger partial charge on any atom is 0.274 e. The highest BCUT2D eigenvalue weighted by Crippen LogP contribution is 2.30. The Balaban J connectivity index is 1.63. The van der Waals surface area contributed by atoms with Crippen molar-refractivity contribution in [3.63, 3.8) is 0 Å². The number of hydroxylamine groups is 1. The molecule has 8 heteroatoms. The van der Waals surface area contributed by atoms with E-state index in [9.17, 15) is 9.59 Å². The summed E-state index contributed by atoms with van der Waals surface area (Å²) in [4.78, 5) is 28.7. The minimum absolute atomic E-state index is 0.111. The fourth-order valence-electron chi connectivity index (χ4n) is 4.13. The molecule has 3 aromatic carbocycles. The molecule has 0 spiro atoms. The molecule has 5 rings (SSSR count). The summed E-state index contributed by atoms with van der Waals surface area (Å²) in [5.74, 6) is -0.565. The largest absolute Gasteiger partial charge is 0.302 e. The molecule has 0 fully saturated rings. The summed E-state index contributed by atoms with van der Waals surface area (Å²) in [5, 5.41) is 14.3. The molecule has 0 aliphatic rings. The Hall–Kier alpha value is -4.56. The maximum atomic E-state index is 12.7. The van der Waals surface area contributed by atoms with Crippen molar-refractivity contribution in [2.24, 2.45) is 7.05 Å². The number of hydrogen-bond acceptors (Lipinski definition) is 5. The topological polar surface area (TPSA) is 102 Å². The van der Waals surface area contributed by atoms with E-state index >= 15 is 0 Å². The molecule has 0 saturated heterocycles. The summed E-state index contributed by atoms with van der Waals surface area (Å²) < 4.78 is 3.36. The highest BCUT2D eigenvalue weighted by atomic mass is 16.5. The first kappa shape index (κ1) is 22.2. The number of carbonyl (C=O) groups is 1. The van der Waals surface area contributed by atoms with Gasteiger partial charge in [-0.05, 0) is 48.4 Å². The third-order valence-corrected chi connectivity index (χ3v) is 6.06. The Bertz CT molecular complexity index is 1620. The molecule has 2 N–H and O–H groups in total. The third-order valence-electron chi connectivity index (χ3n) is 6.06. The van der Waals surface area contributed by atoms with E-state index in [1.54, 1.807) is 24.7 Å². The molecule has 35 heavy (non-hydrogen) atoms. The summed E-state index contributed by atoms with van der Waals surface area (Å²) in [7, 11) is 1.68. The molecule has 0 unspecified atom stereocenters. The molecule has 174 valence electrons. The molecule has 8 nitrogen and oxygen atoms in total. The van der Waals surface area contributed by atoms with Crippen LogP contribution in [0.2, 0.25) is 0 Å². The molecule has 0 aliphatic carbocycles. The van der Waals surface area contributed by atoms with Crippen molar-refractivity contribution in [2.45, 2.75) is 13.5 Å². The van der Waals surface area contributed by atoms with Crippen molar-refractivity contribution < 1.29 is 10.0 Å². The first-order valence-electron chi connectivity index (χ1n) is 11.1. The number of benzene rings is 3. The predicted octanol–water partition coefficient (Wildman–Crippen LogP) is 3.94. The lowest BCUT2D eigenvalue weighted by atomic mass is 10.0. The van der Waals surface area contributed by atoms with Crippen LogP contribution >= 0.6 is 0 Å². The molecule has 1 amide bonds. The van der Waals surface area contributed by atoms with Crippen LogP contribution in [0, 0.1) is 6.92 Å². The SMILES string of the molecule is Cc1ccccc1-c1cc(-c2ccc3ncn(C)c(=O)c3c2)n(Cc2ccc(C(=O)NO)cc2)n1. The lowest BCUT2D eigenvalue weighted by Gasteiger charge is -2.09. The van der Waals surface area contributed by atoms with Crippen molar-refractivity contribution >= 4 is 16.8 Å². The van der Waals surface area contributed by atoms with Crippen LogP contribution in [0.4, 0.5) is 0 Å². The van der Waals surface area contributed by atoms with Crippen LogP contribution in [-0.2, 0) is 13.6 Å². The number of nitrogens with zero attached hydrogens (tertiary/aromatic N) is 4. The summed E-state index contributed by atoms with van der Waals surface area (Å²) in [6.07, 6.45) is 1.52. The average molecular weight is 466 g/mol. The number of aryl methyl sites for hydroxylation is 2. The van der Waals surface area contributed by atoms with Gasteiger partial charge in [0.15, 0.2) is 0 Å². The van der Waals surface area contributed by atoms with Gasteiger partial charge in [-0.1, -0.05) is 42.5 Å². The van der Waals surface area contributed by atoms with Crippen molar-refractivity contribution in [3.05, 3.63) is 106 Å². The van der Waals surface area contributed by atoms with Crippen LogP contribution in [0.1, 0.15) is 21.5 Å². The fraction of sp³-hybridized carbons (Fsp3) is 0.111. The predicted molar refractivity (Wildman–Crippen MR) is 133 cm³/mol. The zero-order valence-electron chi connectivity index (χ0n) is 19.3. The zero-order valence-corrected chi connectivity index (χ0v) is 19.3. The number of aromatic nitrogens is 4. The van der Waals surface area contributed by atoms with E-state index < -0.39 is 5.91 Å². The standard InChI is InChI=1S/C27H23N5O3/c1-17-5-3-4-6-21(17)24-14-25(20-11-12-23-22(13-20)27(34)31(2)16-28-23)32(29-24)15-18-7-9-19(10-8-18)26(33)30-35/h3-14,16,35H,15H2,1-2H3,(H,30,33). The van der Waals surface area contributed by atoms with Crippen molar-refractivity contribution in [2.75, 3.05) is 0 Å².